The average molecular weight is 304 g/mol. The Balaban J connectivity index is 2.26. The van der Waals surface area contributed by atoms with Gasteiger partial charge < -0.3 is 4.74 Å². The maximum atomic E-state index is 12.3. The molecule has 0 spiro atoms. The van der Waals surface area contributed by atoms with Crippen molar-refractivity contribution in [3.8, 4) is 5.75 Å². The van der Waals surface area contributed by atoms with E-state index in [1.54, 1.807) is 42.5 Å². The van der Waals surface area contributed by atoms with Gasteiger partial charge in [-0.15, -0.1) is 0 Å². The molecule has 4 nitrogen and oxygen atoms in total. The predicted octanol–water partition coefficient (Wildman–Crippen LogP) is 2.74. The van der Waals surface area contributed by atoms with Crippen molar-refractivity contribution < 1.29 is 17.9 Å². The number of hydrogen-bond donors (Lipinski definition) is 0. The Bertz CT molecular complexity index is 721. The van der Waals surface area contributed by atoms with E-state index < -0.39 is 21.4 Å². The Morgan fingerprint density at radius 1 is 1.00 bits per heavy atom. The summed E-state index contributed by atoms with van der Waals surface area (Å²) in [7, 11) is -3.64. The number of carbonyl (C=O) groups is 1. The molecule has 0 unspecified atom stereocenters. The topological polar surface area (TPSA) is 60.4 Å². The molecule has 0 saturated carbocycles. The lowest BCUT2D eigenvalue weighted by atomic mass is 10.1. The van der Waals surface area contributed by atoms with Crippen LogP contribution >= 0.6 is 0 Å². The molecule has 5 heteroatoms. The first-order valence-corrected chi connectivity index (χ1v) is 8.22. The molecule has 2 aromatic rings. The van der Waals surface area contributed by atoms with Gasteiger partial charge in [-0.25, -0.2) is 8.42 Å². The van der Waals surface area contributed by atoms with Crippen LogP contribution in [0, 0.1) is 0 Å². The van der Waals surface area contributed by atoms with E-state index in [1.807, 2.05) is 6.92 Å². The van der Waals surface area contributed by atoms with E-state index in [1.165, 1.54) is 12.1 Å². The number of rotatable bonds is 6. The largest absolute Gasteiger partial charge is 0.493 e. The maximum Gasteiger partial charge on any atom is 0.185 e. The van der Waals surface area contributed by atoms with Crippen LogP contribution in [0.4, 0.5) is 0 Å². The first kappa shape index (κ1) is 15.3. The van der Waals surface area contributed by atoms with Gasteiger partial charge in [-0.3, -0.25) is 4.79 Å². The lowest BCUT2D eigenvalue weighted by Gasteiger charge is -2.09. The van der Waals surface area contributed by atoms with E-state index in [0.717, 1.165) is 0 Å². The highest BCUT2D eigenvalue weighted by atomic mass is 32.2. The van der Waals surface area contributed by atoms with Gasteiger partial charge in [0.15, 0.2) is 15.6 Å². The van der Waals surface area contributed by atoms with E-state index >= 15 is 0 Å². The fourth-order valence-corrected chi connectivity index (χ4v) is 3.18. The lowest BCUT2D eigenvalue weighted by molar-refractivity contribution is 0.101. The molecule has 0 amide bonds. The first-order chi connectivity index (χ1) is 10.0. The molecule has 0 aliphatic heterocycles. The summed E-state index contributed by atoms with van der Waals surface area (Å²) in [5.41, 5.74) is 0.291. The fourth-order valence-electron chi connectivity index (χ4n) is 1.94. The second-order valence-electron chi connectivity index (χ2n) is 4.42. The van der Waals surface area contributed by atoms with E-state index in [2.05, 4.69) is 0 Å². The van der Waals surface area contributed by atoms with Gasteiger partial charge in [0.05, 0.1) is 17.1 Å². The Labute approximate surface area is 124 Å². The zero-order valence-corrected chi connectivity index (χ0v) is 12.5. The second kappa shape index (κ2) is 6.54. The molecule has 0 heterocycles. The van der Waals surface area contributed by atoms with Crippen molar-refractivity contribution >= 4 is 15.6 Å². The number of benzene rings is 2. The third-order valence-corrected chi connectivity index (χ3v) is 4.54. The Morgan fingerprint density at radius 2 is 1.62 bits per heavy atom. The summed E-state index contributed by atoms with van der Waals surface area (Å²) in [4.78, 5) is 12.4. The smallest absolute Gasteiger partial charge is 0.185 e. The van der Waals surface area contributed by atoms with E-state index in [-0.39, 0.29) is 4.90 Å². The number of ether oxygens (including phenoxy) is 1. The van der Waals surface area contributed by atoms with Crippen LogP contribution in [0.1, 0.15) is 17.3 Å². The van der Waals surface area contributed by atoms with Crippen LogP contribution in [0.2, 0.25) is 0 Å². The molecule has 2 aromatic carbocycles. The van der Waals surface area contributed by atoms with Crippen molar-refractivity contribution in [2.24, 2.45) is 0 Å². The summed E-state index contributed by atoms with van der Waals surface area (Å²) >= 11 is 0. The van der Waals surface area contributed by atoms with Crippen molar-refractivity contribution in [3.63, 3.8) is 0 Å². The molecule has 110 valence electrons. The minimum Gasteiger partial charge on any atom is -0.493 e. The summed E-state index contributed by atoms with van der Waals surface area (Å²) < 4.78 is 29.8. The highest BCUT2D eigenvalue weighted by molar-refractivity contribution is 7.92. The van der Waals surface area contributed by atoms with Crippen LogP contribution in [0.15, 0.2) is 59.5 Å². The van der Waals surface area contributed by atoms with Gasteiger partial charge in [0, 0.05) is 0 Å². The monoisotopic (exact) mass is 304 g/mol. The first-order valence-electron chi connectivity index (χ1n) is 6.57. The van der Waals surface area contributed by atoms with Crippen molar-refractivity contribution in [3.05, 3.63) is 60.2 Å². The highest BCUT2D eigenvalue weighted by Crippen LogP contribution is 2.20. The summed E-state index contributed by atoms with van der Waals surface area (Å²) in [6, 6.07) is 14.6. The fraction of sp³-hybridized carbons (Fsp3) is 0.188. The molecule has 21 heavy (non-hydrogen) atoms. The number of para-hydroxylation sites is 1. The molecule has 0 aromatic heterocycles. The van der Waals surface area contributed by atoms with Gasteiger partial charge in [-0.2, -0.15) is 0 Å². The van der Waals surface area contributed by atoms with E-state index in [4.69, 9.17) is 4.74 Å². The van der Waals surface area contributed by atoms with Gasteiger partial charge in [0.1, 0.15) is 11.5 Å². The molecule has 0 fully saturated rings. The van der Waals surface area contributed by atoms with Crippen LogP contribution in [0.25, 0.3) is 0 Å². The van der Waals surface area contributed by atoms with Crippen LogP contribution in [-0.2, 0) is 9.84 Å². The second-order valence-corrected chi connectivity index (χ2v) is 6.41. The number of carbonyl (C=O) groups excluding carboxylic acids is 1. The molecule has 0 aliphatic rings. The van der Waals surface area contributed by atoms with Crippen LogP contribution in [0.3, 0.4) is 0 Å². The van der Waals surface area contributed by atoms with Crippen molar-refractivity contribution in [2.75, 3.05) is 12.4 Å². The SMILES string of the molecule is CCOc1ccccc1C(=O)CS(=O)(=O)c1ccccc1. The van der Waals surface area contributed by atoms with E-state index in [9.17, 15) is 13.2 Å². The molecular weight excluding hydrogens is 288 g/mol. The Morgan fingerprint density at radius 3 is 2.29 bits per heavy atom. The minimum atomic E-state index is -3.64. The molecule has 0 aliphatic carbocycles. The standard InChI is InChI=1S/C16H16O4S/c1-2-20-16-11-7-6-10-14(16)15(17)12-21(18,19)13-8-4-3-5-9-13/h3-11H,2,12H2,1H3. The zero-order chi connectivity index (χ0) is 15.3. The predicted molar refractivity (Wildman–Crippen MR) is 80.4 cm³/mol. The number of hydrogen-bond acceptors (Lipinski definition) is 4. The van der Waals surface area contributed by atoms with Crippen molar-refractivity contribution in [1.82, 2.24) is 0 Å². The number of sulfone groups is 1. The summed E-state index contributed by atoms with van der Waals surface area (Å²) in [5, 5.41) is 0. The average Bonchev–Trinajstić information content (AvgIpc) is 2.48. The molecule has 0 atom stereocenters. The van der Waals surface area contributed by atoms with Crippen LogP contribution in [-0.4, -0.2) is 26.6 Å². The summed E-state index contributed by atoms with van der Waals surface area (Å²) in [6.45, 7) is 2.22. The molecule has 0 bridgehead atoms. The highest BCUT2D eigenvalue weighted by Gasteiger charge is 2.22. The van der Waals surface area contributed by atoms with Gasteiger partial charge in [0.25, 0.3) is 0 Å². The quantitative estimate of drug-likeness (QED) is 0.770. The summed E-state index contributed by atoms with van der Waals surface area (Å²) in [5.74, 6) is -0.627. The molecular formula is C16H16O4S. The van der Waals surface area contributed by atoms with Crippen molar-refractivity contribution in [2.45, 2.75) is 11.8 Å². The van der Waals surface area contributed by atoms with Crippen molar-refractivity contribution in [1.29, 1.82) is 0 Å². The summed E-state index contributed by atoms with van der Waals surface area (Å²) in [6.07, 6.45) is 0. The van der Waals surface area contributed by atoms with Gasteiger partial charge in [0.2, 0.25) is 0 Å². The van der Waals surface area contributed by atoms with Crippen LogP contribution in [0.5, 0.6) is 5.75 Å². The molecule has 0 saturated heterocycles. The third kappa shape index (κ3) is 3.70. The number of Topliss-reactive ketones (excluding diaryl/α,β-unsaturated/α-hetero) is 1. The normalized spacial score (nSPS) is 11.1. The van der Waals surface area contributed by atoms with Gasteiger partial charge in [-0.1, -0.05) is 30.3 Å². The van der Waals surface area contributed by atoms with Gasteiger partial charge in [-0.05, 0) is 31.2 Å². The number of ketones is 1. The molecule has 0 radical (unpaired) electrons. The van der Waals surface area contributed by atoms with Crippen LogP contribution < -0.4 is 4.74 Å². The lowest BCUT2D eigenvalue weighted by Crippen LogP contribution is -2.17. The molecule has 2 rings (SSSR count). The minimum absolute atomic E-state index is 0.146. The van der Waals surface area contributed by atoms with E-state index in [0.29, 0.717) is 17.9 Å². The molecule has 0 N–H and O–H groups in total. The Kier molecular flexibility index (Phi) is 4.75. The Hall–Kier alpha value is -2.14. The van der Waals surface area contributed by atoms with Gasteiger partial charge >= 0.3 is 0 Å². The maximum absolute atomic E-state index is 12.3. The third-order valence-electron chi connectivity index (χ3n) is 2.91. The zero-order valence-electron chi connectivity index (χ0n) is 11.7.